The highest BCUT2D eigenvalue weighted by molar-refractivity contribution is 5.86. The molecule has 1 atom stereocenters. The summed E-state index contributed by atoms with van der Waals surface area (Å²) in [6.07, 6.45) is -4.65. The molecule has 20 heavy (non-hydrogen) atoms. The minimum absolute atomic E-state index is 0.0382. The number of rotatable bonds is 2. The zero-order valence-electron chi connectivity index (χ0n) is 10.2. The lowest BCUT2D eigenvalue weighted by Gasteiger charge is -2.22. The molecule has 0 aliphatic carbocycles. The maximum atomic E-state index is 13.3. The van der Waals surface area contributed by atoms with E-state index in [1.807, 2.05) is 0 Å². The van der Waals surface area contributed by atoms with Crippen molar-refractivity contribution in [3.05, 3.63) is 48.0 Å². The molecule has 0 saturated carbocycles. The molecule has 1 unspecified atom stereocenters. The molecule has 2 aromatic rings. The first-order valence-electron chi connectivity index (χ1n) is 5.82. The van der Waals surface area contributed by atoms with Gasteiger partial charge in [-0.3, -0.25) is 0 Å². The second kappa shape index (κ2) is 5.22. The van der Waals surface area contributed by atoms with Crippen molar-refractivity contribution < 1.29 is 13.2 Å². The Balaban J connectivity index is 2.71. The zero-order valence-corrected chi connectivity index (χ0v) is 10.2. The lowest BCUT2D eigenvalue weighted by atomic mass is 9.84. The first-order valence-corrected chi connectivity index (χ1v) is 5.82. The SMILES string of the molecule is N#CC(C#N)C(c1cccc2ccccc12)C(F)(F)F. The summed E-state index contributed by atoms with van der Waals surface area (Å²) >= 11 is 0. The lowest BCUT2D eigenvalue weighted by Crippen LogP contribution is -2.27. The van der Waals surface area contributed by atoms with E-state index in [-0.39, 0.29) is 5.56 Å². The highest BCUT2D eigenvalue weighted by Gasteiger charge is 2.46. The second-order valence-corrected chi connectivity index (χ2v) is 4.32. The fourth-order valence-corrected chi connectivity index (χ4v) is 2.24. The molecule has 0 radical (unpaired) electrons. The number of alkyl halides is 3. The molecule has 5 heteroatoms. The van der Waals surface area contributed by atoms with E-state index in [1.54, 1.807) is 30.3 Å². The van der Waals surface area contributed by atoms with Gasteiger partial charge in [0.25, 0.3) is 0 Å². The molecule has 0 spiro atoms. The molecule has 0 aliphatic heterocycles. The van der Waals surface area contributed by atoms with Crippen molar-refractivity contribution in [1.29, 1.82) is 10.5 Å². The summed E-state index contributed by atoms with van der Waals surface area (Å²) in [5, 5.41) is 18.7. The van der Waals surface area contributed by atoms with Crippen molar-refractivity contribution in [2.45, 2.75) is 12.1 Å². The number of hydrogen-bond donors (Lipinski definition) is 0. The smallest absolute Gasteiger partial charge is 0.197 e. The molecule has 0 saturated heterocycles. The first-order chi connectivity index (χ1) is 9.49. The summed E-state index contributed by atoms with van der Waals surface area (Å²) < 4.78 is 39.8. The third-order valence-corrected chi connectivity index (χ3v) is 3.12. The third-order valence-electron chi connectivity index (χ3n) is 3.12. The normalized spacial score (nSPS) is 12.9. The number of hydrogen-bond acceptors (Lipinski definition) is 2. The zero-order chi connectivity index (χ0) is 14.8. The Labute approximate surface area is 113 Å². The van der Waals surface area contributed by atoms with Crippen LogP contribution in [0.5, 0.6) is 0 Å². The second-order valence-electron chi connectivity index (χ2n) is 4.32. The van der Waals surface area contributed by atoms with Gasteiger partial charge in [0.2, 0.25) is 0 Å². The van der Waals surface area contributed by atoms with Gasteiger partial charge in [0.1, 0.15) is 11.8 Å². The quantitative estimate of drug-likeness (QED) is 0.825. The Morgan fingerprint density at radius 2 is 1.50 bits per heavy atom. The molecule has 2 rings (SSSR count). The van der Waals surface area contributed by atoms with Crippen LogP contribution in [0.1, 0.15) is 11.5 Å². The van der Waals surface area contributed by atoms with E-state index < -0.39 is 18.0 Å². The van der Waals surface area contributed by atoms with Gasteiger partial charge in [0.15, 0.2) is 0 Å². The van der Waals surface area contributed by atoms with E-state index in [1.165, 1.54) is 24.3 Å². The van der Waals surface area contributed by atoms with Crippen LogP contribution in [-0.2, 0) is 0 Å². The highest BCUT2D eigenvalue weighted by atomic mass is 19.4. The minimum Gasteiger partial charge on any atom is -0.197 e. The van der Waals surface area contributed by atoms with Crippen LogP contribution in [0.25, 0.3) is 10.8 Å². The van der Waals surface area contributed by atoms with Crippen LogP contribution in [0.3, 0.4) is 0 Å². The van der Waals surface area contributed by atoms with Crippen LogP contribution < -0.4 is 0 Å². The Kier molecular flexibility index (Phi) is 3.63. The Morgan fingerprint density at radius 3 is 2.10 bits per heavy atom. The summed E-state index contributed by atoms with van der Waals surface area (Å²) in [5.41, 5.74) is -0.0382. The van der Waals surface area contributed by atoms with Crippen molar-refractivity contribution in [3.8, 4) is 12.1 Å². The van der Waals surface area contributed by atoms with Gasteiger partial charge in [-0.2, -0.15) is 23.7 Å². The first kappa shape index (κ1) is 13.9. The molecule has 0 aromatic heterocycles. The maximum Gasteiger partial charge on any atom is 0.398 e. The standard InChI is InChI=1S/C15H9F3N2/c16-15(17,18)14(11(8-19)9-20)13-7-3-5-10-4-1-2-6-12(10)13/h1-7,11,14H. The lowest BCUT2D eigenvalue weighted by molar-refractivity contribution is -0.154. The summed E-state index contributed by atoms with van der Waals surface area (Å²) in [5.74, 6) is -3.87. The van der Waals surface area contributed by atoms with Crippen LogP contribution in [0.15, 0.2) is 42.5 Å². The number of halogens is 3. The van der Waals surface area contributed by atoms with Gasteiger partial charge in [0, 0.05) is 0 Å². The Hall–Kier alpha value is -2.53. The number of fused-ring (bicyclic) bond motifs is 1. The van der Waals surface area contributed by atoms with Gasteiger partial charge in [-0.1, -0.05) is 42.5 Å². The molecule has 0 amide bonds. The molecular weight excluding hydrogens is 265 g/mol. The van der Waals surface area contributed by atoms with Crippen LogP contribution in [0, 0.1) is 28.6 Å². The van der Waals surface area contributed by atoms with Gasteiger partial charge in [-0.15, -0.1) is 0 Å². The molecular formula is C15H9F3N2. The summed E-state index contributed by atoms with van der Waals surface area (Å²) in [4.78, 5) is 0. The van der Waals surface area contributed by atoms with Crippen LogP contribution >= 0.6 is 0 Å². The molecule has 2 aromatic carbocycles. The maximum absolute atomic E-state index is 13.3. The fraction of sp³-hybridized carbons (Fsp3) is 0.200. The Bertz CT molecular complexity index is 688. The highest BCUT2D eigenvalue weighted by Crippen LogP contribution is 2.42. The van der Waals surface area contributed by atoms with Gasteiger partial charge in [-0.25, -0.2) is 0 Å². The van der Waals surface area contributed by atoms with E-state index >= 15 is 0 Å². The molecule has 0 fully saturated rings. The van der Waals surface area contributed by atoms with Crippen molar-refractivity contribution >= 4 is 10.8 Å². The minimum atomic E-state index is -4.65. The number of benzene rings is 2. The predicted molar refractivity (Wildman–Crippen MR) is 67.5 cm³/mol. The molecule has 100 valence electrons. The van der Waals surface area contributed by atoms with Gasteiger partial charge < -0.3 is 0 Å². The van der Waals surface area contributed by atoms with Crippen LogP contribution in [0.4, 0.5) is 13.2 Å². The van der Waals surface area contributed by atoms with Crippen LogP contribution in [0.2, 0.25) is 0 Å². The van der Waals surface area contributed by atoms with Crippen molar-refractivity contribution in [1.82, 2.24) is 0 Å². The Morgan fingerprint density at radius 1 is 0.900 bits per heavy atom. The van der Waals surface area contributed by atoms with Crippen molar-refractivity contribution in [2.75, 3.05) is 0 Å². The topological polar surface area (TPSA) is 47.6 Å². The average Bonchev–Trinajstić information content (AvgIpc) is 2.43. The van der Waals surface area contributed by atoms with E-state index in [2.05, 4.69) is 0 Å². The predicted octanol–water partition coefficient (Wildman–Crippen LogP) is 4.15. The molecule has 0 heterocycles. The van der Waals surface area contributed by atoms with E-state index in [9.17, 15) is 13.2 Å². The molecule has 0 N–H and O–H groups in total. The average molecular weight is 274 g/mol. The molecule has 2 nitrogen and oxygen atoms in total. The largest absolute Gasteiger partial charge is 0.398 e. The van der Waals surface area contributed by atoms with E-state index in [0.29, 0.717) is 10.8 Å². The van der Waals surface area contributed by atoms with E-state index in [4.69, 9.17) is 10.5 Å². The van der Waals surface area contributed by atoms with Gasteiger partial charge in [0.05, 0.1) is 12.1 Å². The molecule has 0 aliphatic rings. The van der Waals surface area contributed by atoms with Crippen molar-refractivity contribution in [3.63, 3.8) is 0 Å². The summed E-state index contributed by atoms with van der Waals surface area (Å²) in [6.45, 7) is 0. The van der Waals surface area contributed by atoms with Crippen molar-refractivity contribution in [2.24, 2.45) is 5.92 Å². The van der Waals surface area contributed by atoms with Gasteiger partial charge >= 0.3 is 6.18 Å². The van der Waals surface area contributed by atoms with Gasteiger partial charge in [-0.05, 0) is 16.3 Å². The third kappa shape index (κ3) is 2.44. The summed E-state index contributed by atoms with van der Waals surface area (Å²) in [6, 6.07) is 14.0. The number of nitriles is 2. The summed E-state index contributed by atoms with van der Waals surface area (Å²) in [7, 11) is 0. The van der Waals surface area contributed by atoms with Crippen LogP contribution in [-0.4, -0.2) is 6.18 Å². The van der Waals surface area contributed by atoms with E-state index in [0.717, 1.165) is 0 Å². The fourth-order valence-electron chi connectivity index (χ4n) is 2.24. The number of nitrogens with zero attached hydrogens (tertiary/aromatic N) is 2. The monoisotopic (exact) mass is 274 g/mol. The molecule has 0 bridgehead atoms.